The van der Waals surface area contributed by atoms with Crippen molar-refractivity contribution in [2.75, 3.05) is 20.1 Å². The number of hydrogen-bond donors (Lipinski definition) is 4. The van der Waals surface area contributed by atoms with E-state index < -0.39 is 21.7 Å². The number of alkyl carbamates (subject to hydrolysis) is 1. The molecule has 5 N–H and O–H groups in total. The van der Waals surface area contributed by atoms with Gasteiger partial charge in [0.15, 0.2) is 5.96 Å². The first-order valence-corrected chi connectivity index (χ1v) is 10.1. The Morgan fingerprint density at radius 2 is 1.70 bits per heavy atom. The number of hydrogen-bond acceptors (Lipinski definition) is 5. The smallest absolute Gasteiger partial charge is 0.407 e. The van der Waals surface area contributed by atoms with Crippen LogP contribution in [-0.2, 0) is 21.3 Å². The van der Waals surface area contributed by atoms with Gasteiger partial charge in [-0.25, -0.2) is 18.4 Å². The molecule has 27 heavy (non-hydrogen) atoms. The number of sulfonamides is 1. The molecule has 10 heteroatoms. The van der Waals surface area contributed by atoms with Crippen LogP contribution in [0.2, 0.25) is 0 Å². The Bertz CT molecular complexity index is 740. The maximum atomic E-state index is 11.5. The number of nitrogens with one attached hydrogen (secondary N) is 3. The summed E-state index contributed by atoms with van der Waals surface area (Å²) in [6.45, 7) is 7.00. The predicted molar refractivity (Wildman–Crippen MR) is 105 cm³/mol. The van der Waals surface area contributed by atoms with Gasteiger partial charge in [-0.05, 0) is 44.9 Å². The summed E-state index contributed by atoms with van der Waals surface area (Å²) < 4.78 is 27.6. The van der Waals surface area contributed by atoms with Gasteiger partial charge < -0.3 is 20.7 Å². The molecule has 1 aromatic carbocycles. The van der Waals surface area contributed by atoms with Gasteiger partial charge in [0.25, 0.3) is 0 Å². The Morgan fingerprint density at radius 3 is 2.22 bits per heavy atom. The Balaban J connectivity index is 2.30. The standard InChI is InChI=1S/C17H29N5O4S/c1-17(2,3)26-16(23)21-11-5-10-20-15(19-4)22-12-13-6-8-14(9-7-13)27(18,24)25/h6-9H,5,10-12H2,1-4H3,(H,21,23)(H2,18,24,25)(H2,19,20,22). The molecule has 9 nitrogen and oxygen atoms in total. The van der Waals surface area contributed by atoms with Crippen molar-refractivity contribution in [1.29, 1.82) is 0 Å². The van der Waals surface area contributed by atoms with Crippen LogP contribution in [0, 0.1) is 0 Å². The molecule has 0 fully saturated rings. The van der Waals surface area contributed by atoms with Crippen molar-refractivity contribution in [2.24, 2.45) is 10.1 Å². The molecule has 0 atom stereocenters. The number of rotatable bonds is 7. The average molecular weight is 400 g/mol. The third-order valence-electron chi connectivity index (χ3n) is 3.25. The fraction of sp³-hybridized carbons (Fsp3) is 0.529. The molecular formula is C17H29N5O4S. The average Bonchev–Trinajstić information content (AvgIpc) is 2.55. The van der Waals surface area contributed by atoms with Gasteiger partial charge in [-0.3, -0.25) is 4.99 Å². The second-order valence-corrected chi connectivity index (χ2v) is 8.39. The third-order valence-corrected chi connectivity index (χ3v) is 4.18. The summed E-state index contributed by atoms with van der Waals surface area (Å²) in [6, 6.07) is 6.30. The monoisotopic (exact) mass is 399 g/mol. The van der Waals surface area contributed by atoms with Crippen molar-refractivity contribution in [2.45, 2.75) is 44.2 Å². The molecule has 0 spiro atoms. The molecule has 1 rings (SSSR count). The Hall–Kier alpha value is -2.33. The third kappa shape index (κ3) is 9.80. The van der Waals surface area contributed by atoms with E-state index in [0.717, 1.165) is 5.56 Å². The fourth-order valence-electron chi connectivity index (χ4n) is 2.00. The number of nitrogens with two attached hydrogens (primary N) is 1. The van der Waals surface area contributed by atoms with Crippen LogP contribution in [0.3, 0.4) is 0 Å². The lowest BCUT2D eigenvalue weighted by Crippen LogP contribution is -2.39. The topological polar surface area (TPSA) is 135 Å². The van der Waals surface area contributed by atoms with E-state index in [0.29, 0.717) is 32.0 Å². The second kappa shape index (κ2) is 10.1. The highest BCUT2D eigenvalue weighted by atomic mass is 32.2. The van der Waals surface area contributed by atoms with Crippen LogP contribution < -0.4 is 21.1 Å². The number of carbonyl (C=O) groups is 1. The van der Waals surface area contributed by atoms with Crippen LogP contribution in [-0.4, -0.2) is 46.2 Å². The molecular weight excluding hydrogens is 370 g/mol. The van der Waals surface area contributed by atoms with Gasteiger partial charge in [-0.1, -0.05) is 12.1 Å². The Morgan fingerprint density at radius 1 is 1.11 bits per heavy atom. The van der Waals surface area contributed by atoms with E-state index >= 15 is 0 Å². The Labute approximate surface area is 160 Å². The quantitative estimate of drug-likeness (QED) is 0.306. The number of benzene rings is 1. The normalized spacial score (nSPS) is 12.4. The lowest BCUT2D eigenvalue weighted by molar-refractivity contribution is 0.0527. The van der Waals surface area contributed by atoms with Gasteiger partial charge in [-0.15, -0.1) is 0 Å². The number of nitrogens with zero attached hydrogens (tertiary/aromatic N) is 1. The van der Waals surface area contributed by atoms with Crippen molar-refractivity contribution in [3.8, 4) is 0 Å². The molecule has 0 aliphatic heterocycles. The van der Waals surface area contributed by atoms with Crippen LogP contribution in [0.1, 0.15) is 32.8 Å². The minimum absolute atomic E-state index is 0.0752. The highest BCUT2D eigenvalue weighted by Gasteiger charge is 2.15. The highest BCUT2D eigenvalue weighted by Crippen LogP contribution is 2.08. The first-order chi connectivity index (χ1) is 12.5. The largest absolute Gasteiger partial charge is 0.444 e. The zero-order valence-corrected chi connectivity index (χ0v) is 17.0. The van der Waals surface area contributed by atoms with Crippen LogP contribution in [0.25, 0.3) is 0 Å². The minimum Gasteiger partial charge on any atom is -0.444 e. The van der Waals surface area contributed by atoms with Crippen LogP contribution >= 0.6 is 0 Å². The lowest BCUT2D eigenvalue weighted by atomic mass is 10.2. The maximum Gasteiger partial charge on any atom is 0.407 e. The molecule has 0 aromatic heterocycles. The van der Waals surface area contributed by atoms with Gasteiger partial charge in [0.05, 0.1) is 4.90 Å². The molecule has 152 valence electrons. The summed E-state index contributed by atoms with van der Waals surface area (Å²) in [6.07, 6.45) is 0.260. The molecule has 1 amide bonds. The number of primary sulfonamides is 1. The van der Waals surface area contributed by atoms with Crippen LogP contribution in [0.15, 0.2) is 34.2 Å². The fourth-order valence-corrected chi connectivity index (χ4v) is 2.52. The van der Waals surface area contributed by atoms with E-state index in [-0.39, 0.29) is 4.90 Å². The Kier molecular flexibility index (Phi) is 8.51. The predicted octanol–water partition coefficient (Wildman–Crippen LogP) is 0.914. The first kappa shape index (κ1) is 22.7. The lowest BCUT2D eigenvalue weighted by Gasteiger charge is -2.19. The number of guanidine groups is 1. The van der Waals surface area contributed by atoms with Crippen molar-refractivity contribution in [3.05, 3.63) is 29.8 Å². The minimum atomic E-state index is -3.68. The van der Waals surface area contributed by atoms with Gasteiger partial charge >= 0.3 is 6.09 Å². The van der Waals surface area contributed by atoms with Crippen molar-refractivity contribution < 1.29 is 17.9 Å². The summed E-state index contributed by atoms with van der Waals surface area (Å²) in [5.74, 6) is 0.600. The number of amides is 1. The summed E-state index contributed by atoms with van der Waals surface area (Å²) in [5.41, 5.74) is 0.373. The molecule has 0 aliphatic carbocycles. The van der Waals surface area contributed by atoms with Gasteiger partial charge in [0, 0.05) is 26.7 Å². The zero-order chi connectivity index (χ0) is 20.5. The van der Waals surface area contributed by atoms with Crippen LogP contribution in [0.4, 0.5) is 4.79 Å². The molecule has 0 bridgehead atoms. The van der Waals surface area contributed by atoms with Crippen LogP contribution in [0.5, 0.6) is 0 Å². The molecule has 0 saturated carbocycles. The molecule has 0 unspecified atom stereocenters. The number of ether oxygens (including phenoxy) is 1. The van der Waals surface area contributed by atoms with Gasteiger partial charge in [-0.2, -0.15) is 0 Å². The SMILES string of the molecule is CN=C(NCCCNC(=O)OC(C)(C)C)NCc1ccc(S(N)(=O)=O)cc1. The van der Waals surface area contributed by atoms with E-state index in [1.54, 1.807) is 19.2 Å². The van der Waals surface area contributed by atoms with E-state index in [2.05, 4.69) is 20.9 Å². The molecule has 0 radical (unpaired) electrons. The maximum absolute atomic E-state index is 11.5. The summed E-state index contributed by atoms with van der Waals surface area (Å²) in [4.78, 5) is 15.7. The first-order valence-electron chi connectivity index (χ1n) is 8.54. The van der Waals surface area contributed by atoms with Crippen molar-refractivity contribution in [1.82, 2.24) is 16.0 Å². The number of aliphatic imine (C=N–C) groups is 1. The number of carbonyl (C=O) groups excluding carboxylic acids is 1. The van der Waals surface area contributed by atoms with Gasteiger partial charge in [0.2, 0.25) is 10.0 Å². The van der Waals surface area contributed by atoms with E-state index in [1.165, 1.54) is 12.1 Å². The van der Waals surface area contributed by atoms with E-state index in [4.69, 9.17) is 9.88 Å². The molecule has 0 aliphatic rings. The van der Waals surface area contributed by atoms with Gasteiger partial charge in [0.1, 0.15) is 5.60 Å². The highest BCUT2D eigenvalue weighted by molar-refractivity contribution is 7.89. The summed E-state index contributed by atoms with van der Waals surface area (Å²) in [7, 11) is -2.03. The summed E-state index contributed by atoms with van der Waals surface area (Å²) in [5, 5.41) is 14.0. The second-order valence-electron chi connectivity index (χ2n) is 6.82. The molecule has 0 heterocycles. The molecule has 1 aromatic rings. The van der Waals surface area contributed by atoms with E-state index in [9.17, 15) is 13.2 Å². The van der Waals surface area contributed by atoms with Crippen molar-refractivity contribution in [3.63, 3.8) is 0 Å². The zero-order valence-electron chi connectivity index (χ0n) is 16.2. The molecule has 0 saturated heterocycles. The van der Waals surface area contributed by atoms with E-state index in [1.807, 2.05) is 20.8 Å². The van der Waals surface area contributed by atoms with Crippen molar-refractivity contribution >= 4 is 22.1 Å². The summed E-state index contributed by atoms with van der Waals surface area (Å²) >= 11 is 0.